The molecule has 0 saturated carbocycles. The number of pyridine rings is 1. The van der Waals surface area contributed by atoms with Crippen LogP contribution in [0.1, 0.15) is 5.82 Å². The van der Waals surface area contributed by atoms with Crippen molar-refractivity contribution < 1.29 is 22.8 Å². The smallest absolute Gasteiger partial charge is 0.367 e. The van der Waals surface area contributed by atoms with E-state index in [2.05, 4.69) is 9.97 Å². The second-order valence-electron chi connectivity index (χ2n) is 3.15. The number of halogens is 5. The van der Waals surface area contributed by atoms with Gasteiger partial charge in [0.15, 0.2) is 5.65 Å². The van der Waals surface area contributed by atoms with E-state index in [-0.39, 0.29) is 21.0 Å². The number of hydrogen-bond acceptors (Lipinski definition) is 3. The second kappa shape index (κ2) is 3.73. The third-order valence-corrected chi connectivity index (χ3v) is 2.24. The molecule has 0 bridgehead atoms. The molecule has 2 aromatic rings. The van der Waals surface area contributed by atoms with Crippen molar-refractivity contribution in [1.82, 2.24) is 14.7 Å². The molecule has 17 heavy (non-hydrogen) atoms. The van der Waals surface area contributed by atoms with Gasteiger partial charge in [-0.05, 0) is 12.1 Å². The standard InChI is InChI=1S/C8H4ClF4N3O/c9-4-2-1-3-5(14-4)15-7(16(3)17)8(12,13)6(10)11/h1-2,6,17H. The first-order chi connectivity index (χ1) is 7.84. The van der Waals surface area contributed by atoms with Gasteiger partial charge >= 0.3 is 12.3 Å². The lowest BCUT2D eigenvalue weighted by Crippen LogP contribution is -2.27. The molecule has 1 N–H and O–H groups in total. The van der Waals surface area contributed by atoms with Gasteiger partial charge in [0.2, 0.25) is 5.82 Å². The number of fused-ring (bicyclic) bond motifs is 1. The minimum Gasteiger partial charge on any atom is -0.426 e. The lowest BCUT2D eigenvalue weighted by molar-refractivity contribution is -0.148. The van der Waals surface area contributed by atoms with Crippen LogP contribution in [0.15, 0.2) is 12.1 Å². The molecule has 2 heterocycles. The summed E-state index contributed by atoms with van der Waals surface area (Å²) in [5.41, 5.74) is -0.569. The van der Waals surface area contributed by atoms with E-state index < -0.39 is 18.2 Å². The molecule has 0 amide bonds. The first kappa shape index (κ1) is 11.9. The van der Waals surface area contributed by atoms with Crippen LogP contribution in [0.25, 0.3) is 11.2 Å². The van der Waals surface area contributed by atoms with E-state index in [0.29, 0.717) is 0 Å². The highest BCUT2D eigenvalue weighted by atomic mass is 35.5. The van der Waals surface area contributed by atoms with E-state index in [1.54, 1.807) is 0 Å². The highest BCUT2D eigenvalue weighted by molar-refractivity contribution is 6.29. The fourth-order valence-electron chi connectivity index (χ4n) is 1.24. The molecular formula is C8H4ClF4N3O. The molecule has 0 aromatic carbocycles. The van der Waals surface area contributed by atoms with Crippen LogP contribution >= 0.6 is 11.6 Å². The third kappa shape index (κ3) is 1.78. The number of imidazole rings is 1. The molecule has 92 valence electrons. The van der Waals surface area contributed by atoms with E-state index in [1.807, 2.05) is 0 Å². The van der Waals surface area contributed by atoms with Gasteiger partial charge in [-0.25, -0.2) is 18.7 Å². The fourth-order valence-corrected chi connectivity index (χ4v) is 1.38. The van der Waals surface area contributed by atoms with Gasteiger partial charge in [-0.1, -0.05) is 11.6 Å². The topological polar surface area (TPSA) is 50.9 Å². The first-order valence-corrected chi connectivity index (χ1v) is 4.62. The molecule has 2 aromatic heterocycles. The Morgan fingerprint density at radius 2 is 1.94 bits per heavy atom. The molecule has 9 heteroatoms. The maximum atomic E-state index is 13.0. The quantitative estimate of drug-likeness (QED) is 0.518. The van der Waals surface area contributed by atoms with Crippen molar-refractivity contribution in [3.05, 3.63) is 23.1 Å². The zero-order valence-electron chi connectivity index (χ0n) is 7.91. The molecule has 0 aliphatic carbocycles. The summed E-state index contributed by atoms with van der Waals surface area (Å²) in [6.07, 6.45) is -3.99. The highest BCUT2D eigenvalue weighted by Crippen LogP contribution is 2.34. The minimum absolute atomic E-state index is 0.0532. The van der Waals surface area contributed by atoms with Crippen LogP contribution in [0.5, 0.6) is 0 Å². The maximum Gasteiger partial charge on any atom is 0.367 e. The van der Waals surface area contributed by atoms with Gasteiger partial charge in [-0.3, -0.25) is 0 Å². The summed E-state index contributed by atoms with van der Waals surface area (Å²) >= 11 is 5.48. The average Bonchev–Trinajstić information content (AvgIpc) is 2.55. The average molecular weight is 270 g/mol. The Morgan fingerprint density at radius 1 is 1.29 bits per heavy atom. The Balaban J connectivity index is 2.68. The van der Waals surface area contributed by atoms with Gasteiger partial charge in [-0.2, -0.15) is 13.5 Å². The molecule has 0 spiro atoms. The predicted octanol–water partition coefficient (Wildman–Crippen LogP) is 2.68. The lowest BCUT2D eigenvalue weighted by atomic mass is 10.3. The number of aromatic nitrogens is 3. The van der Waals surface area contributed by atoms with Crippen LogP contribution in [0.3, 0.4) is 0 Å². The Bertz CT molecular complexity index is 571. The molecule has 4 nitrogen and oxygen atoms in total. The number of alkyl halides is 4. The molecule has 0 radical (unpaired) electrons. The predicted molar refractivity (Wildman–Crippen MR) is 49.6 cm³/mol. The van der Waals surface area contributed by atoms with Gasteiger partial charge in [0.1, 0.15) is 10.7 Å². The molecule has 0 aliphatic rings. The normalized spacial score (nSPS) is 12.6. The Kier molecular flexibility index (Phi) is 2.61. The van der Waals surface area contributed by atoms with Crippen LogP contribution in [-0.2, 0) is 5.92 Å². The lowest BCUT2D eigenvalue weighted by Gasteiger charge is -2.13. The van der Waals surface area contributed by atoms with Gasteiger partial charge < -0.3 is 5.21 Å². The highest BCUT2D eigenvalue weighted by Gasteiger charge is 2.48. The zero-order chi connectivity index (χ0) is 12.8. The van der Waals surface area contributed by atoms with Crippen molar-refractivity contribution in [1.29, 1.82) is 0 Å². The van der Waals surface area contributed by atoms with Crippen molar-refractivity contribution >= 4 is 22.8 Å². The molecule has 0 atom stereocenters. The van der Waals surface area contributed by atoms with Crippen LogP contribution in [-0.4, -0.2) is 26.3 Å². The van der Waals surface area contributed by atoms with Crippen molar-refractivity contribution in [2.45, 2.75) is 12.3 Å². The van der Waals surface area contributed by atoms with E-state index in [9.17, 15) is 22.8 Å². The number of hydrogen-bond donors (Lipinski definition) is 1. The third-order valence-electron chi connectivity index (χ3n) is 2.03. The summed E-state index contributed by atoms with van der Waals surface area (Å²) in [5, 5.41) is 9.27. The molecule has 0 saturated heterocycles. The molecule has 0 aliphatic heterocycles. The van der Waals surface area contributed by atoms with E-state index in [0.717, 1.165) is 6.07 Å². The largest absolute Gasteiger partial charge is 0.426 e. The van der Waals surface area contributed by atoms with Gasteiger partial charge in [-0.15, -0.1) is 0 Å². The summed E-state index contributed by atoms with van der Waals surface area (Å²) in [6.45, 7) is 0. The SMILES string of the molecule is On1c(C(F)(F)C(F)F)nc2nc(Cl)ccc21. The number of rotatable bonds is 2. The summed E-state index contributed by atoms with van der Waals surface area (Å²) in [5.74, 6) is -6.04. The Morgan fingerprint density at radius 3 is 2.53 bits per heavy atom. The van der Waals surface area contributed by atoms with Crippen molar-refractivity contribution in [3.8, 4) is 0 Å². The molecule has 2 rings (SSSR count). The van der Waals surface area contributed by atoms with Crippen molar-refractivity contribution in [2.24, 2.45) is 0 Å². The monoisotopic (exact) mass is 269 g/mol. The second-order valence-corrected chi connectivity index (χ2v) is 3.53. The minimum atomic E-state index is -4.57. The van der Waals surface area contributed by atoms with Crippen LogP contribution in [0, 0.1) is 0 Å². The van der Waals surface area contributed by atoms with Gasteiger partial charge in [0.05, 0.1) is 0 Å². The Labute approximate surface area is 96.4 Å². The summed E-state index contributed by atoms with van der Waals surface area (Å²) in [7, 11) is 0. The summed E-state index contributed by atoms with van der Waals surface area (Å²) in [6, 6.07) is 2.35. The van der Waals surface area contributed by atoms with E-state index in [4.69, 9.17) is 11.6 Å². The van der Waals surface area contributed by atoms with E-state index in [1.165, 1.54) is 6.07 Å². The van der Waals surface area contributed by atoms with Crippen molar-refractivity contribution in [2.75, 3.05) is 0 Å². The van der Waals surface area contributed by atoms with Gasteiger partial charge in [0.25, 0.3) is 0 Å². The summed E-state index contributed by atoms with van der Waals surface area (Å²) < 4.78 is 50.2. The Hall–Kier alpha value is -1.57. The van der Waals surface area contributed by atoms with Gasteiger partial charge in [0, 0.05) is 0 Å². The van der Waals surface area contributed by atoms with E-state index >= 15 is 0 Å². The zero-order valence-corrected chi connectivity index (χ0v) is 8.67. The van der Waals surface area contributed by atoms with Crippen molar-refractivity contribution in [3.63, 3.8) is 0 Å². The first-order valence-electron chi connectivity index (χ1n) is 4.24. The molecular weight excluding hydrogens is 266 g/mol. The van der Waals surface area contributed by atoms with Crippen LogP contribution in [0.2, 0.25) is 5.15 Å². The molecule has 0 unspecified atom stereocenters. The van der Waals surface area contributed by atoms with Crippen LogP contribution < -0.4 is 0 Å². The number of nitrogens with zero attached hydrogens (tertiary/aromatic N) is 3. The summed E-state index contributed by atoms with van der Waals surface area (Å²) in [4.78, 5) is 6.68. The molecule has 0 fully saturated rings. The van der Waals surface area contributed by atoms with Crippen LogP contribution in [0.4, 0.5) is 17.6 Å². The maximum absolute atomic E-state index is 13.0. The fraction of sp³-hybridized carbons (Fsp3) is 0.250.